The van der Waals surface area contributed by atoms with Crippen LogP contribution in [0, 0.1) is 44.3 Å². The van der Waals surface area contributed by atoms with Gasteiger partial charge in [0.1, 0.15) is 5.75 Å². The zero-order chi connectivity index (χ0) is 56.8. The van der Waals surface area contributed by atoms with Crippen molar-refractivity contribution in [3.8, 4) is 17.9 Å². The van der Waals surface area contributed by atoms with Gasteiger partial charge in [-0.25, -0.2) is 0 Å². The first-order valence-corrected chi connectivity index (χ1v) is 25.9. The first kappa shape index (κ1) is 59.3. The number of Topliss-reactive ketones (excluding diaryl/α,β-unsaturated/α-hetero) is 4. The van der Waals surface area contributed by atoms with Gasteiger partial charge in [0.2, 0.25) is 5.91 Å². The van der Waals surface area contributed by atoms with Crippen LogP contribution >= 0.6 is 0 Å². The number of amides is 1. The summed E-state index contributed by atoms with van der Waals surface area (Å²) >= 11 is 0. The number of nitrogens with zero attached hydrogens (tertiary/aromatic N) is 2. The minimum atomic E-state index is -0.850. The Morgan fingerprint density at radius 2 is 0.921 bits per heavy atom. The third kappa shape index (κ3) is 14.4. The quantitative estimate of drug-likeness (QED) is 0.0940. The number of allylic oxidation sites excluding steroid dienone is 18. The summed E-state index contributed by atoms with van der Waals surface area (Å²) in [5.41, 5.74) is 10.7. The highest BCUT2D eigenvalue weighted by Gasteiger charge is 2.40. The van der Waals surface area contributed by atoms with E-state index in [-0.39, 0.29) is 52.7 Å². The van der Waals surface area contributed by atoms with Crippen molar-refractivity contribution < 1.29 is 33.5 Å². The van der Waals surface area contributed by atoms with Crippen molar-refractivity contribution in [1.82, 2.24) is 0 Å². The van der Waals surface area contributed by atoms with E-state index >= 15 is 0 Å². The third-order valence-electron chi connectivity index (χ3n) is 14.9. The van der Waals surface area contributed by atoms with Gasteiger partial charge in [-0.1, -0.05) is 116 Å². The van der Waals surface area contributed by atoms with E-state index in [4.69, 9.17) is 4.74 Å². The summed E-state index contributed by atoms with van der Waals surface area (Å²) in [5.74, 6) is -0.893. The van der Waals surface area contributed by atoms with Crippen molar-refractivity contribution in [2.45, 2.75) is 149 Å². The van der Waals surface area contributed by atoms with Crippen LogP contribution in [-0.2, 0) is 28.8 Å². The number of anilines is 1. The van der Waals surface area contributed by atoms with Crippen molar-refractivity contribution in [3.63, 3.8) is 0 Å². The Labute approximate surface area is 451 Å². The van der Waals surface area contributed by atoms with Gasteiger partial charge >= 0.3 is 5.97 Å². The molecule has 0 aliphatic heterocycles. The number of carbonyl (C=O) groups excluding carboxylic acids is 6. The topological polar surface area (TPSA) is 171 Å². The number of hydrogen-bond donors (Lipinski definition) is 1. The number of nitrogens with one attached hydrogen (secondary N) is 1. The molecule has 10 heteroatoms. The molecule has 0 unspecified atom stereocenters. The lowest BCUT2D eigenvalue weighted by Gasteiger charge is -2.31. The van der Waals surface area contributed by atoms with E-state index in [0.717, 1.165) is 59.1 Å². The average molecular weight is 1020 g/mol. The largest absolute Gasteiger partial charge is 0.427 e. The van der Waals surface area contributed by atoms with Gasteiger partial charge < -0.3 is 10.1 Å². The summed E-state index contributed by atoms with van der Waals surface area (Å²) in [4.78, 5) is 76.8. The molecule has 2 aromatic carbocycles. The molecule has 0 saturated heterocycles. The lowest BCUT2D eigenvalue weighted by molar-refractivity contribution is -0.136. The fourth-order valence-electron chi connectivity index (χ4n) is 10.6. The highest BCUT2D eigenvalue weighted by molar-refractivity contribution is 6.26. The molecule has 396 valence electrons. The van der Waals surface area contributed by atoms with Crippen LogP contribution in [0.3, 0.4) is 0 Å². The van der Waals surface area contributed by atoms with Gasteiger partial charge in [-0.15, -0.1) is 0 Å². The molecule has 4 aliphatic rings. The summed E-state index contributed by atoms with van der Waals surface area (Å²) in [5, 5.41) is 21.5. The van der Waals surface area contributed by atoms with E-state index in [1.54, 1.807) is 67.5 Å². The highest BCUT2D eigenvalue weighted by atomic mass is 16.5. The average Bonchev–Trinajstić information content (AvgIpc) is 3.34. The van der Waals surface area contributed by atoms with Gasteiger partial charge in [0.15, 0.2) is 23.1 Å². The molecular formula is C66H75N3O7. The summed E-state index contributed by atoms with van der Waals surface area (Å²) in [7, 11) is 0. The molecule has 0 aromatic heterocycles. The van der Waals surface area contributed by atoms with E-state index in [9.17, 15) is 39.3 Å². The summed E-state index contributed by atoms with van der Waals surface area (Å²) in [6.45, 7) is 29.8. The number of rotatable bonds is 12. The van der Waals surface area contributed by atoms with Crippen molar-refractivity contribution in [3.05, 3.63) is 162 Å². The molecule has 4 aliphatic carbocycles. The number of carbonyl (C=O) groups is 6. The molecule has 6 rings (SSSR count). The summed E-state index contributed by atoms with van der Waals surface area (Å²) < 4.78 is 5.57. The Morgan fingerprint density at radius 1 is 0.553 bits per heavy atom. The maximum atomic E-state index is 13.0. The Morgan fingerprint density at radius 3 is 1.32 bits per heavy atom. The van der Waals surface area contributed by atoms with Gasteiger partial charge in [0, 0.05) is 78.7 Å². The Kier molecular flexibility index (Phi) is 18.4. The second-order valence-electron chi connectivity index (χ2n) is 23.8. The molecule has 1 N–H and O–H groups in total. The van der Waals surface area contributed by atoms with Crippen LogP contribution in [-0.4, -0.2) is 35.0 Å². The fraction of sp³-hybridized carbons (Fsp3) is 0.394. The van der Waals surface area contributed by atoms with Gasteiger partial charge in [-0.3, -0.25) is 28.8 Å². The van der Waals surface area contributed by atoms with Gasteiger partial charge in [-0.2, -0.15) is 10.5 Å². The van der Waals surface area contributed by atoms with Crippen LogP contribution in [0.15, 0.2) is 151 Å². The van der Waals surface area contributed by atoms with Crippen LogP contribution in [0.1, 0.15) is 160 Å². The van der Waals surface area contributed by atoms with Crippen molar-refractivity contribution in [1.29, 1.82) is 10.5 Å². The van der Waals surface area contributed by atoms with E-state index in [1.165, 1.54) is 11.1 Å². The lowest BCUT2D eigenvalue weighted by Crippen LogP contribution is -2.33. The molecule has 2 aromatic rings. The van der Waals surface area contributed by atoms with Crippen LogP contribution in [0.25, 0.3) is 12.2 Å². The van der Waals surface area contributed by atoms with Gasteiger partial charge in [0.05, 0.1) is 18.6 Å². The molecule has 0 fully saturated rings. The summed E-state index contributed by atoms with van der Waals surface area (Å²) in [6.07, 6.45) is 16.2. The number of ketones is 4. The number of esters is 1. The minimum Gasteiger partial charge on any atom is -0.427 e. The second kappa shape index (κ2) is 23.5. The van der Waals surface area contributed by atoms with Crippen LogP contribution in [0.2, 0.25) is 0 Å². The van der Waals surface area contributed by atoms with E-state index in [2.05, 4.69) is 69.5 Å². The van der Waals surface area contributed by atoms with Crippen molar-refractivity contribution in [2.24, 2.45) is 21.7 Å². The molecule has 0 radical (unpaired) electrons. The molecule has 0 saturated carbocycles. The standard InChI is InChI=1S/C33H38N2O3.C33H37NO4/c1-20(19-34)26-15-25(16-32(5,6)17-26)10-9-24-11-13-27(14-12-24)35-28(36)18-33(7,8)29-23(4)30(37)21(2)22(3)31(29)38;1-20(19-34)26-15-25(16-32(5,6)17-26)10-9-24-11-13-27(14-12-24)38-28(35)18-33(7,8)29-23(4)30(36)21(2)22(3)31(29)37/h9-15H,16-18H2,1-8H3,(H,35,36);9-15H,16-18H2,1-8H3/b2*10-9+,26-20+. The van der Waals surface area contributed by atoms with E-state index < -0.39 is 16.8 Å². The highest BCUT2D eigenvalue weighted by Crippen LogP contribution is 2.43. The smallest absolute Gasteiger partial charge is 0.312 e. The number of benzene rings is 2. The number of ether oxygens (including phenoxy) is 1. The third-order valence-corrected chi connectivity index (χ3v) is 14.9. The Balaban J connectivity index is 0.000000281. The molecular weight excluding hydrogens is 947 g/mol. The van der Waals surface area contributed by atoms with Gasteiger partial charge in [0.25, 0.3) is 0 Å². The fourth-order valence-corrected chi connectivity index (χ4v) is 10.6. The molecule has 0 heterocycles. The molecule has 76 heavy (non-hydrogen) atoms. The zero-order valence-corrected chi connectivity index (χ0v) is 47.6. The first-order chi connectivity index (χ1) is 35.3. The number of nitriles is 2. The second-order valence-corrected chi connectivity index (χ2v) is 23.8. The lowest BCUT2D eigenvalue weighted by atomic mass is 9.71. The molecule has 10 nitrogen and oxygen atoms in total. The SMILES string of the molecule is CC1=C(C)C(=O)C(C(C)(C)CC(=O)Nc2ccc(/C=C/C3=CC(=C(/C)C#N)/CC(C)(C)C3)cc2)=C(C)C1=O.CC1=C(C)C(=O)C(C(C)(C)CC(=O)Oc2ccc(/C=C/C3=CC(=C(/C)C#N)/CC(C)(C)C3)cc2)=C(C)C1=O. The predicted octanol–water partition coefficient (Wildman–Crippen LogP) is 14.9. The first-order valence-electron chi connectivity index (χ1n) is 25.9. The zero-order valence-electron chi connectivity index (χ0n) is 47.6. The van der Waals surface area contributed by atoms with Gasteiger partial charge in [-0.05, 0) is 150 Å². The maximum absolute atomic E-state index is 13.0. The Bertz CT molecular complexity index is 2980. The maximum Gasteiger partial charge on any atom is 0.312 e. The van der Waals surface area contributed by atoms with E-state index in [1.807, 2.05) is 76.2 Å². The summed E-state index contributed by atoms with van der Waals surface area (Å²) in [6, 6.07) is 19.4. The van der Waals surface area contributed by atoms with Crippen LogP contribution in [0.4, 0.5) is 5.69 Å². The molecule has 0 spiro atoms. The molecule has 0 atom stereocenters. The monoisotopic (exact) mass is 1020 g/mol. The van der Waals surface area contributed by atoms with E-state index in [0.29, 0.717) is 56.0 Å². The minimum absolute atomic E-state index is 0.0332. The predicted molar refractivity (Wildman–Crippen MR) is 303 cm³/mol. The molecule has 0 bridgehead atoms. The number of hydrogen-bond acceptors (Lipinski definition) is 9. The normalized spacial score (nSPS) is 19.5. The van der Waals surface area contributed by atoms with Crippen LogP contribution in [0.5, 0.6) is 5.75 Å². The Hall–Kier alpha value is -7.56. The van der Waals surface area contributed by atoms with Crippen LogP contribution < -0.4 is 10.1 Å². The van der Waals surface area contributed by atoms with Crippen molar-refractivity contribution in [2.75, 3.05) is 5.32 Å². The van der Waals surface area contributed by atoms with Crippen molar-refractivity contribution >= 4 is 52.8 Å². The molecule has 1 amide bonds.